The summed E-state index contributed by atoms with van der Waals surface area (Å²) in [6.45, 7) is 35.3. The smallest absolute Gasteiger partial charge is 0.0231 e. The van der Waals surface area contributed by atoms with Crippen molar-refractivity contribution in [3.8, 4) is 0 Å². The van der Waals surface area contributed by atoms with E-state index in [2.05, 4.69) is 66.9 Å². The summed E-state index contributed by atoms with van der Waals surface area (Å²) < 4.78 is 0. The normalized spacial score (nSPS) is 17.3. The van der Waals surface area contributed by atoms with Crippen LogP contribution < -0.4 is 0 Å². The van der Waals surface area contributed by atoms with Gasteiger partial charge in [-0.05, 0) is 37.0 Å². The lowest BCUT2D eigenvalue weighted by Crippen LogP contribution is -1.92. The lowest BCUT2D eigenvalue weighted by molar-refractivity contribution is 0.586. The van der Waals surface area contributed by atoms with Crippen LogP contribution >= 0.6 is 0 Å². The van der Waals surface area contributed by atoms with Gasteiger partial charge in [0.05, 0.1) is 0 Å². The van der Waals surface area contributed by atoms with E-state index in [0.29, 0.717) is 0 Å². The van der Waals surface area contributed by atoms with Crippen LogP contribution in [0.4, 0.5) is 0 Å². The molecule has 0 N–H and O–H groups in total. The average Bonchev–Trinajstić information content (AvgIpc) is 3.34. The summed E-state index contributed by atoms with van der Waals surface area (Å²) in [5, 5.41) is 0. The molecule has 0 heterocycles. The quantitative estimate of drug-likeness (QED) is 0.442. The van der Waals surface area contributed by atoms with Gasteiger partial charge >= 0.3 is 0 Å². The van der Waals surface area contributed by atoms with Crippen molar-refractivity contribution in [3.63, 3.8) is 0 Å². The summed E-state index contributed by atoms with van der Waals surface area (Å²) in [6.07, 6.45) is 5.93. The van der Waals surface area contributed by atoms with Crippen LogP contribution in [0.1, 0.15) is 103 Å². The fraction of sp³-hybridized carbons (Fsp3) is 0.826. The maximum atomic E-state index is 3.00. The monoisotopic (exact) mass is 330 g/mol. The van der Waals surface area contributed by atoms with Crippen LogP contribution in [0.5, 0.6) is 0 Å². The van der Waals surface area contributed by atoms with Crippen molar-refractivity contribution in [2.75, 3.05) is 0 Å². The Labute approximate surface area is 152 Å². The minimum atomic E-state index is 0.824. The molecule has 0 saturated heterocycles. The highest BCUT2D eigenvalue weighted by Gasteiger charge is 2.35. The molecule has 0 amide bonds. The molecule has 146 valence electrons. The Hall–Kier alpha value is -0.520. The third-order valence-electron chi connectivity index (χ3n) is 2.34. The predicted octanol–water partition coefficient (Wildman–Crippen LogP) is 9.42. The zero-order valence-corrected chi connectivity index (χ0v) is 19.6. The van der Waals surface area contributed by atoms with Gasteiger partial charge in [0.25, 0.3) is 0 Å². The lowest BCUT2D eigenvalue weighted by atomic mass is 10.0. The molecule has 1 saturated carbocycles. The van der Waals surface area contributed by atoms with Gasteiger partial charge in [-0.25, -0.2) is 0 Å². The highest BCUT2D eigenvalue weighted by atomic mass is 14.4. The highest BCUT2D eigenvalue weighted by molar-refractivity contribution is 4.96. The van der Waals surface area contributed by atoms with Crippen molar-refractivity contribution in [2.24, 2.45) is 23.7 Å². The summed E-state index contributed by atoms with van der Waals surface area (Å²) in [6, 6.07) is 0. The zero-order chi connectivity index (χ0) is 20.4. The molecule has 23 heavy (non-hydrogen) atoms. The number of hydrogen-bond donors (Lipinski definition) is 0. The van der Waals surface area contributed by atoms with Gasteiger partial charge in [-0.2, -0.15) is 0 Å². The maximum absolute atomic E-state index is 3.00. The van der Waals surface area contributed by atoms with E-state index in [1.807, 2.05) is 55.4 Å². The topological polar surface area (TPSA) is 0 Å². The minimum absolute atomic E-state index is 0.824. The fourth-order valence-electron chi connectivity index (χ4n) is 1.53. The molecule has 1 aliphatic rings. The SMILES string of the molecule is C=C.CC.CC.CC.CC.CC(C)C.CC=CC(C)C1CC1C. The molecule has 1 fully saturated rings. The Morgan fingerprint density at radius 1 is 0.783 bits per heavy atom. The van der Waals surface area contributed by atoms with E-state index < -0.39 is 0 Å². The van der Waals surface area contributed by atoms with Gasteiger partial charge in [0, 0.05) is 0 Å². The van der Waals surface area contributed by atoms with Gasteiger partial charge in [0.1, 0.15) is 0 Å². The van der Waals surface area contributed by atoms with E-state index in [9.17, 15) is 0 Å². The Balaban J connectivity index is -0.0000000442. The van der Waals surface area contributed by atoms with E-state index >= 15 is 0 Å². The van der Waals surface area contributed by atoms with Crippen LogP contribution in [-0.4, -0.2) is 0 Å². The van der Waals surface area contributed by atoms with Crippen LogP contribution in [0.25, 0.3) is 0 Å². The molecule has 0 radical (unpaired) electrons. The van der Waals surface area contributed by atoms with Gasteiger partial charge < -0.3 is 0 Å². The molecule has 3 unspecified atom stereocenters. The molecular weight excluding hydrogens is 276 g/mol. The third-order valence-corrected chi connectivity index (χ3v) is 2.34. The largest absolute Gasteiger partial charge is 0.106 e. The van der Waals surface area contributed by atoms with Crippen LogP contribution in [0, 0.1) is 23.7 Å². The second-order valence-corrected chi connectivity index (χ2v) is 4.99. The first-order chi connectivity index (χ1) is 11.0. The van der Waals surface area contributed by atoms with Gasteiger partial charge in [-0.15, -0.1) is 13.2 Å². The number of allylic oxidation sites excluding steroid dienone is 2. The standard InChI is InChI=1S/C9H16.C4H10.4C2H6.C2H4/c1-4-5-7(2)9-6-8(9)3;1-4(2)3;5*1-2/h4-5,7-9H,6H2,1-3H3;4H,1-3H3;4*1-2H3;1-2H2. The first kappa shape index (κ1) is 38.2. The Morgan fingerprint density at radius 3 is 1.13 bits per heavy atom. The van der Waals surface area contributed by atoms with Crippen molar-refractivity contribution >= 4 is 0 Å². The molecule has 1 aliphatic carbocycles. The van der Waals surface area contributed by atoms with E-state index in [0.717, 1.165) is 23.7 Å². The van der Waals surface area contributed by atoms with Crippen molar-refractivity contribution in [2.45, 2.75) is 103 Å². The molecule has 0 aromatic carbocycles. The van der Waals surface area contributed by atoms with Crippen molar-refractivity contribution in [3.05, 3.63) is 25.3 Å². The molecule has 0 aromatic rings. The van der Waals surface area contributed by atoms with Crippen LogP contribution in [0.3, 0.4) is 0 Å². The second-order valence-electron chi connectivity index (χ2n) is 4.99. The van der Waals surface area contributed by atoms with Crippen molar-refractivity contribution in [1.82, 2.24) is 0 Å². The summed E-state index contributed by atoms with van der Waals surface area (Å²) in [7, 11) is 0. The predicted molar refractivity (Wildman–Crippen MR) is 118 cm³/mol. The van der Waals surface area contributed by atoms with E-state index in [-0.39, 0.29) is 0 Å². The highest BCUT2D eigenvalue weighted by Crippen LogP contribution is 2.43. The van der Waals surface area contributed by atoms with Crippen molar-refractivity contribution in [1.29, 1.82) is 0 Å². The number of rotatable bonds is 2. The zero-order valence-electron chi connectivity index (χ0n) is 19.6. The van der Waals surface area contributed by atoms with E-state index in [1.165, 1.54) is 6.42 Å². The first-order valence-corrected chi connectivity index (χ1v) is 10.1. The minimum Gasteiger partial charge on any atom is -0.106 e. The van der Waals surface area contributed by atoms with E-state index in [4.69, 9.17) is 0 Å². The molecule has 0 bridgehead atoms. The Morgan fingerprint density at radius 2 is 1.00 bits per heavy atom. The average molecular weight is 331 g/mol. The first-order valence-electron chi connectivity index (χ1n) is 10.1. The lowest BCUT2D eigenvalue weighted by Gasteiger charge is -2.00. The summed E-state index contributed by atoms with van der Waals surface area (Å²) >= 11 is 0. The van der Waals surface area contributed by atoms with Crippen LogP contribution in [-0.2, 0) is 0 Å². The Kier molecular flexibility index (Phi) is 71.3. The summed E-state index contributed by atoms with van der Waals surface area (Å²) in [5.41, 5.74) is 0. The van der Waals surface area contributed by atoms with Crippen LogP contribution in [0.2, 0.25) is 0 Å². The molecule has 0 aliphatic heterocycles. The second kappa shape index (κ2) is 43.0. The summed E-state index contributed by atoms with van der Waals surface area (Å²) in [5.74, 6) is 3.65. The molecule has 0 heteroatoms. The molecule has 0 nitrogen and oxygen atoms in total. The number of hydrogen-bond acceptors (Lipinski definition) is 0. The van der Waals surface area contributed by atoms with Crippen LogP contribution in [0.15, 0.2) is 25.3 Å². The van der Waals surface area contributed by atoms with E-state index in [1.54, 1.807) is 0 Å². The molecule has 0 aromatic heterocycles. The molecule has 1 rings (SSSR count). The molecular formula is C23H54. The third kappa shape index (κ3) is 52.3. The molecule has 3 atom stereocenters. The Bertz CT molecular complexity index is 153. The fourth-order valence-corrected chi connectivity index (χ4v) is 1.53. The maximum Gasteiger partial charge on any atom is -0.0231 e. The van der Waals surface area contributed by atoms with Gasteiger partial charge in [0.2, 0.25) is 0 Å². The van der Waals surface area contributed by atoms with Crippen molar-refractivity contribution < 1.29 is 0 Å². The van der Waals surface area contributed by atoms with Gasteiger partial charge in [0.15, 0.2) is 0 Å². The molecule has 0 spiro atoms. The van der Waals surface area contributed by atoms with Gasteiger partial charge in [-0.1, -0.05) is 102 Å². The van der Waals surface area contributed by atoms with Gasteiger partial charge in [-0.3, -0.25) is 0 Å². The summed E-state index contributed by atoms with van der Waals surface area (Å²) in [4.78, 5) is 0.